The molecule has 1 amide bonds. The lowest BCUT2D eigenvalue weighted by Gasteiger charge is -2.23. The van der Waals surface area contributed by atoms with Gasteiger partial charge in [-0.15, -0.1) is 5.10 Å². The van der Waals surface area contributed by atoms with Gasteiger partial charge in [0.15, 0.2) is 5.65 Å². The largest absolute Gasteiger partial charge is 0.332 e. The lowest BCUT2D eigenvalue weighted by atomic mass is 10.1. The molecule has 0 atom stereocenters. The number of tetrazole rings is 1. The van der Waals surface area contributed by atoms with Crippen molar-refractivity contribution in [2.75, 3.05) is 6.54 Å². The molecule has 5 aromatic rings. The van der Waals surface area contributed by atoms with Gasteiger partial charge >= 0.3 is 0 Å². The third kappa shape index (κ3) is 3.90. The number of carbonyl (C=O) groups is 1. The molecule has 158 valence electrons. The molecule has 0 aliphatic heterocycles. The number of benzene rings is 2. The summed E-state index contributed by atoms with van der Waals surface area (Å²) in [6.07, 6.45) is 5.31. The number of aryl methyl sites for hydroxylation is 1. The van der Waals surface area contributed by atoms with Crippen molar-refractivity contribution in [2.24, 2.45) is 0 Å². The molecule has 0 aliphatic rings. The van der Waals surface area contributed by atoms with Crippen LogP contribution in [0.2, 0.25) is 0 Å². The second-order valence-corrected chi connectivity index (χ2v) is 7.70. The number of fused-ring (bicyclic) bond motifs is 3. The normalized spacial score (nSPS) is 11.2. The number of rotatable bonds is 6. The van der Waals surface area contributed by atoms with Crippen molar-refractivity contribution in [1.82, 2.24) is 34.9 Å². The molecular weight excluding hydrogens is 402 g/mol. The molecule has 0 spiro atoms. The highest BCUT2D eigenvalue weighted by atomic mass is 16.2. The van der Waals surface area contributed by atoms with Gasteiger partial charge < -0.3 is 4.90 Å². The van der Waals surface area contributed by atoms with Gasteiger partial charge in [-0.3, -0.25) is 9.78 Å². The van der Waals surface area contributed by atoms with Crippen molar-refractivity contribution in [3.05, 3.63) is 95.6 Å². The van der Waals surface area contributed by atoms with E-state index in [1.807, 2.05) is 37.3 Å². The van der Waals surface area contributed by atoms with Crippen molar-refractivity contribution >= 4 is 22.5 Å². The summed E-state index contributed by atoms with van der Waals surface area (Å²) in [5.41, 5.74) is 5.06. The number of amides is 1. The zero-order valence-electron chi connectivity index (χ0n) is 17.6. The summed E-state index contributed by atoms with van der Waals surface area (Å²) >= 11 is 0. The molecule has 5 rings (SSSR count). The zero-order valence-corrected chi connectivity index (χ0v) is 17.6. The second kappa shape index (κ2) is 8.50. The number of carbonyl (C=O) groups excluding carboxylic acids is 1. The van der Waals surface area contributed by atoms with E-state index in [-0.39, 0.29) is 5.91 Å². The summed E-state index contributed by atoms with van der Waals surface area (Å²) in [6, 6.07) is 18.3. The van der Waals surface area contributed by atoms with Gasteiger partial charge in [-0.05, 0) is 47.5 Å². The lowest BCUT2D eigenvalue weighted by Crippen LogP contribution is -2.33. The van der Waals surface area contributed by atoms with Crippen molar-refractivity contribution < 1.29 is 4.79 Å². The van der Waals surface area contributed by atoms with E-state index in [9.17, 15) is 4.79 Å². The number of aromatic nitrogens is 6. The highest BCUT2D eigenvalue weighted by Crippen LogP contribution is 2.22. The third-order valence-corrected chi connectivity index (χ3v) is 5.44. The van der Waals surface area contributed by atoms with Crippen molar-refractivity contribution in [2.45, 2.75) is 19.9 Å². The van der Waals surface area contributed by atoms with Crippen LogP contribution in [0.4, 0.5) is 0 Å². The topological polar surface area (TPSA) is 89.2 Å². The Morgan fingerprint density at radius 3 is 2.75 bits per heavy atom. The average Bonchev–Trinajstić information content (AvgIpc) is 3.33. The van der Waals surface area contributed by atoms with E-state index < -0.39 is 0 Å². The van der Waals surface area contributed by atoms with Gasteiger partial charge in [0.1, 0.15) is 5.69 Å². The van der Waals surface area contributed by atoms with Gasteiger partial charge in [-0.1, -0.05) is 42.0 Å². The molecule has 0 unspecified atom stereocenters. The first kappa shape index (κ1) is 19.7. The quantitative estimate of drug-likeness (QED) is 0.416. The molecular formula is C24H21N7O. The zero-order chi connectivity index (χ0) is 21.9. The fourth-order valence-electron chi connectivity index (χ4n) is 3.84. The van der Waals surface area contributed by atoms with E-state index in [0.717, 1.165) is 34.0 Å². The summed E-state index contributed by atoms with van der Waals surface area (Å²) in [7, 11) is 0. The minimum Gasteiger partial charge on any atom is -0.332 e. The molecule has 32 heavy (non-hydrogen) atoms. The molecule has 3 aromatic heterocycles. The van der Waals surface area contributed by atoms with Crippen LogP contribution < -0.4 is 0 Å². The SMILES string of the molecule is Cc1ccc2c(c1)cc(CN(CCc1ccccc1)C(=O)c1cnccn1)c1nnnn12. The molecule has 0 fully saturated rings. The maximum absolute atomic E-state index is 13.3. The van der Waals surface area contributed by atoms with E-state index >= 15 is 0 Å². The molecule has 0 aliphatic carbocycles. The molecule has 8 heteroatoms. The summed E-state index contributed by atoms with van der Waals surface area (Å²) in [4.78, 5) is 23.4. The Hall–Kier alpha value is -4.20. The highest BCUT2D eigenvalue weighted by Gasteiger charge is 2.20. The van der Waals surface area contributed by atoms with Gasteiger partial charge in [0.05, 0.1) is 11.7 Å². The number of hydrogen-bond donors (Lipinski definition) is 0. The third-order valence-electron chi connectivity index (χ3n) is 5.44. The van der Waals surface area contributed by atoms with Crippen LogP contribution in [0.25, 0.3) is 16.6 Å². The maximum Gasteiger partial charge on any atom is 0.274 e. The predicted octanol–water partition coefficient (Wildman–Crippen LogP) is 3.26. The lowest BCUT2D eigenvalue weighted by molar-refractivity contribution is 0.0739. The van der Waals surface area contributed by atoms with Crippen LogP contribution in [0.3, 0.4) is 0 Å². The molecule has 8 nitrogen and oxygen atoms in total. The van der Waals surface area contributed by atoms with Crippen molar-refractivity contribution in [1.29, 1.82) is 0 Å². The Balaban J connectivity index is 1.53. The smallest absolute Gasteiger partial charge is 0.274 e. The highest BCUT2D eigenvalue weighted by molar-refractivity contribution is 5.92. The van der Waals surface area contributed by atoms with E-state index in [2.05, 4.69) is 49.8 Å². The second-order valence-electron chi connectivity index (χ2n) is 7.70. The van der Waals surface area contributed by atoms with Gasteiger partial charge in [0, 0.05) is 36.4 Å². The van der Waals surface area contributed by atoms with Crippen molar-refractivity contribution in [3.63, 3.8) is 0 Å². The molecule has 2 aromatic carbocycles. The molecule has 0 bridgehead atoms. The molecule has 0 saturated heterocycles. The summed E-state index contributed by atoms with van der Waals surface area (Å²) in [5, 5.41) is 13.3. The van der Waals surface area contributed by atoms with Crippen LogP contribution in [0.15, 0.2) is 73.2 Å². The number of pyridine rings is 1. The van der Waals surface area contributed by atoms with E-state index in [1.54, 1.807) is 15.6 Å². The molecule has 3 heterocycles. The first-order valence-electron chi connectivity index (χ1n) is 10.4. The van der Waals surface area contributed by atoms with Crippen LogP contribution in [0.1, 0.15) is 27.2 Å². The molecule has 0 N–H and O–H groups in total. The summed E-state index contributed by atoms with van der Waals surface area (Å²) in [5.74, 6) is -0.177. The molecule has 0 saturated carbocycles. The van der Waals surface area contributed by atoms with Gasteiger partial charge in [0.2, 0.25) is 0 Å². The minimum atomic E-state index is -0.177. The van der Waals surface area contributed by atoms with E-state index in [1.165, 1.54) is 12.4 Å². The fourth-order valence-corrected chi connectivity index (χ4v) is 3.84. The average molecular weight is 423 g/mol. The van der Waals surface area contributed by atoms with Crippen LogP contribution in [-0.4, -0.2) is 47.4 Å². The van der Waals surface area contributed by atoms with E-state index in [4.69, 9.17) is 0 Å². The minimum absolute atomic E-state index is 0.177. The van der Waals surface area contributed by atoms with Gasteiger partial charge in [-0.2, -0.15) is 4.52 Å². The summed E-state index contributed by atoms with van der Waals surface area (Å²) < 4.78 is 1.73. The standard InChI is InChI=1S/C24H21N7O/c1-17-7-8-22-19(13-17)14-20(23-27-28-29-31(22)23)16-30(12-9-18-5-3-2-4-6-18)24(32)21-15-25-10-11-26-21/h2-8,10-11,13-15H,9,12,16H2,1H3. The Labute approximate surface area is 184 Å². The predicted molar refractivity (Wildman–Crippen MR) is 120 cm³/mol. The van der Waals surface area contributed by atoms with Crippen LogP contribution >= 0.6 is 0 Å². The van der Waals surface area contributed by atoms with Crippen molar-refractivity contribution in [3.8, 4) is 0 Å². The maximum atomic E-state index is 13.3. The Bertz CT molecular complexity index is 1380. The first-order chi connectivity index (χ1) is 15.7. The Morgan fingerprint density at radius 1 is 1.06 bits per heavy atom. The number of hydrogen-bond acceptors (Lipinski definition) is 6. The van der Waals surface area contributed by atoms with Gasteiger partial charge in [-0.25, -0.2) is 4.98 Å². The van der Waals surface area contributed by atoms with E-state index in [0.29, 0.717) is 24.4 Å². The fraction of sp³-hybridized carbons (Fsp3) is 0.167. The Kier molecular flexibility index (Phi) is 5.25. The van der Waals surface area contributed by atoms with Crippen LogP contribution in [0.5, 0.6) is 0 Å². The van der Waals surface area contributed by atoms with Crippen LogP contribution in [0, 0.1) is 6.92 Å². The Morgan fingerprint density at radius 2 is 1.94 bits per heavy atom. The molecule has 0 radical (unpaired) electrons. The van der Waals surface area contributed by atoms with Crippen LogP contribution in [-0.2, 0) is 13.0 Å². The first-order valence-corrected chi connectivity index (χ1v) is 10.4. The monoisotopic (exact) mass is 423 g/mol. The summed E-state index contributed by atoms with van der Waals surface area (Å²) in [6.45, 7) is 2.93. The number of nitrogens with zero attached hydrogens (tertiary/aromatic N) is 7. The van der Waals surface area contributed by atoms with Gasteiger partial charge in [0.25, 0.3) is 5.91 Å².